The molecule has 1 heterocycles. The molecule has 0 aromatic heterocycles. The Bertz CT molecular complexity index is 465. The molecule has 0 bridgehead atoms. The summed E-state index contributed by atoms with van der Waals surface area (Å²) in [5, 5.41) is 6.16. The minimum absolute atomic E-state index is 0. The van der Waals surface area contributed by atoms with E-state index in [2.05, 4.69) is 24.5 Å². The SMILES string of the molecule is CC(C)CCOc1ccccc1CNC(=O)C1CSCN1.Cl. The fourth-order valence-electron chi connectivity index (χ4n) is 2.06. The second kappa shape index (κ2) is 9.98. The number of nitrogens with one attached hydrogen (secondary N) is 2. The summed E-state index contributed by atoms with van der Waals surface area (Å²) in [6.45, 7) is 5.59. The third-order valence-electron chi connectivity index (χ3n) is 3.41. The molecule has 124 valence electrons. The monoisotopic (exact) mass is 344 g/mol. The molecule has 1 amide bonds. The molecule has 0 radical (unpaired) electrons. The third-order valence-corrected chi connectivity index (χ3v) is 4.35. The topological polar surface area (TPSA) is 50.4 Å². The molecule has 2 N–H and O–H groups in total. The van der Waals surface area contributed by atoms with Crippen molar-refractivity contribution in [3.63, 3.8) is 0 Å². The number of benzene rings is 1. The Kier molecular flexibility index (Phi) is 8.68. The van der Waals surface area contributed by atoms with Crippen molar-refractivity contribution in [3.05, 3.63) is 29.8 Å². The lowest BCUT2D eigenvalue weighted by Crippen LogP contribution is -2.41. The van der Waals surface area contributed by atoms with Crippen molar-refractivity contribution in [2.24, 2.45) is 5.92 Å². The maximum atomic E-state index is 12.0. The van der Waals surface area contributed by atoms with E-state index < -0.39 is 0 Å². The van der Waals surface area contributed by atoms with Gasteiger partial charge in [0.2, 0.25) is 5.91 Å². The van der Waals surface area contributed by atoms with Gasteiger partial charge in [0, 0.05) is 23.7 Å². The van der Waals surface area contributed by atoms with Crippen LogP contribution < -0.4 is 15.4 Å². The van der Waals surface area contributed by atoms with Gasteiger partial charge in [-0.15, -0.1) is 24.2 Å². The van der Waals surface area contributed by atoms with Gasteiger partial charge in [-0.25, -0.2) is 0 Å². The van der Waals surface area contributed by atoms with Crippen LogP contribution in [0.2, 0.25) is 0 Å². The summed E-state index contributed by atoms with van der Waals surface area (Å²) < 4.78 is 5.83. The van der Waals surface area contributed by atoms with Crippen molar-refractivity contribution < 1.29 is 9.53 Å². The number of para-hydroxylation sites is 1. The lowest BCUT2D eigenvalue weighted by atomic mass is 10.1. The van der Waals surface area contributed by atoms with E-state index >= 15 is 0 Å². The van der Waals surface area contributed by atoms with Gasteiger partial charge in [-0.3, -0.25) is 10.1 Å². The van der Waals surface area contributed by atoms with Crippen molar-refractivity contribution in [2.45, 2.75) is 32.9 Å². The van der Waals surface area contributed by atoms with Crippen LogP contribution >= 0.6 is 24.2 Å². The highest BCUT2D eigenvalue weighted by Crippen LogP contribution is 2.19. The largest absolute Gasteiger partial charge is 0.493 e. The van der Waals surface area contributed by atoms with Gasteiger partial charge in [-0.1, -0.05) is 32.0 Å². The van der Waals surface area contributed by atoms with Crippen molar-refractivity contribution in [1.82, 2.24) is 10.6 Å². The smallest absolute Gasteiger partial charge is 0.238 e. The molecule has 2 rings (SSSR count). The minimum atomic E-state index is -0.0657. The zero-order valence-electron chi connectivity index (χ0n) is 13.1. The van der Waals surface area contributed by atoms with E-state index in [1.807, 2.05) is 24.3 Å². The number of carbonyl (C=O) groups is 1. The van der Waals surface area contributed by atoms with Crippen LogP contribution in [-0.4, -0.2) is 30.2 Å². The number of hydrogen-bond acceptors (Lipinski definition) is 4. The Morgan fingerprint density at radius 3 is 2.91 bits per heavy atom. The first-order valence-corrected chi connectivity index (χ1v) is 8.62. The highest BCUT2D eigenvalue weighted by molar-refractivity contribution is 7.99. The number of halogens is 1. The van der Waals surface area contributed by atoms with Crippen LogP contribution in [-0.2, 0) is 11.3 Å². The molecule has 1 aliphatic heterocycles. The summed E-state index contributed by atoms with van der Waals surface area (Å²) in [6.07, 6.45) is 1.03. The Labute approximate surface area is 143 Å². The van der Waals surface area contributed by atoms with Crippen LogP contribution in [0.3, 0.4) is 0 Å². The van der Waals surface area contributed by atoms with E-state index in [1.54, 1.807) is 11.8 Å². The van der Waals surface area contributed by atoms with Gasteiger partial charge in [0.05, 0.1) is 12.6 Å². The van der Waals surface area contributed by atoms with Gasteiger partial charge in [-0.05, 0) is 18.4 Å². The molecule has 1 unspecified atom stereocenters. The molecule has 1 aromatic carbocycles. The molecule has 1 atom stereocenters. The molecule has 1 saturated heterocycles. The lowest BCUT2D eigenvalue weighted by Gasteiger charge is -2.14. The van der Waals surface area contributed by atoms with Gasteiger partial charge in [-0.2, -0.15) is 0 Å². The van der Waals surface area contributed by atoms with Gasteiger partial charge in [0.25, 0.3) is 0 Å². The van der Waals surface area contributed by atoms with Gasteiger partial charge in [0.15, 0.2) is 0 Å². The molecule has 22 heavy (non-hydrogen) atoms. The maximum Gasteiger partial charge on any atom is 0.238 e. The molecule has 1 fully saturated rings. The van der Waals surface area contributed by atoms with E-state index in [4.69, 9.17) is 4.74 Å². The Morgan fingerprint density at radius 2 is 2.23 bits per heavy atom. The van der Waals surface area contributed by atoms with Crippen LogP contribution in [0.4, 0.5) is 0 Å². The zero-order valence-corrected chi connectivity index (χ0v) is 14.8. The minimum Gasteiger partial charge on any atom is -0.493 e. The molecule has 1 aliphatic rings. The van der Waals surface area contributed by atoms with Crippen molar-refractivity contribution in [1.29, 1.82) is 0 Å². The van der Waals surface area contributed by atoms with Crippen LogP contribution in [0.5, 0.6) is 5.75 Å². The highest BCUT2D eigenvalue weighted by atomic mass is 35.5. The number of amides is 1. The zero-order chi connectivity index (χ0) is 15.1. The first kappa shape index (κ1) is 19.1. The van der Waals surface area contributed by atoms with E-state index in [0.717, 1.165) is 29.4 Å². The first-order chi connectivity index (χ1) is 10.2. The second-order valence-corrected chi connectivity index (χ2v) is 6.66. The summed E-state index contributed by atoms with van der Waals surface area (Å²) in [6, 6.07) is 7.84. The molecular formula is C16H25ClN2O2S. The molecule has 4 nitrogen and oxygen atoms in total. The number of hydrogen-bond donors (Lipinski definition) is 2. The van der Waals surface area contributed by atoms with Crippen LogP contribution in [0.25, 0.3) is 0 Å². The Hall–Kier alpha value is -0.910. The summed E-state index contributed by atoms with van der Waals surface area (Å²) in [5.74, 6) is 3.26. The van der Waals surface area contributed by atoms with Crippen LogP contribution in [0.15, 0.2) is 24.3 Å². The van der Waals surface area contributed by atoms with E-state index in [0.29, 0.717) is 19.1 Å². The van der Waals surface area contributed by atoms with Gasteiger partial charge >= 0.3 is 0 Å². The molecule has 1 aromatic rings. The number of thioether (sulfide) groups is 1. The molecular weight excluding hydrogens is 320 g/mol. The first-order valence-electron chi connectivity index (χ1n) is 7.46. The molecule has 0 saturated carbocycles. The summed E-state index contributed by atoms with van der Waals surface area (Å²) >= 11 is 1.75. The van der Waals surface area contributed by atoms with E-state index in [1.165, 1.54) is 0 Å². The van der Waals surface area contributed by atoms with Gasteiger partial charge in [0.1, 0.15) is 5.75 Å². The van der Waals surface area contributed by atoms with Crippen LogP contribution in [0.1, 0.15) is 25.8 Å². The third kappa shape index (κ3) is 6.07. The molecule has 6 heteroatoms. The Balaban J connectivity index is 0.00000242. The Morgan fingerprint density at radius 1 is 1.45 bits per heavy atom. The predicted octanol–water partition coefficient (Wildman–Crippen LogP) is 2.81. The molecule has 0 spiro atoms. The number of ether oxygens (including phenoxy) is 1. The number of rotatable bonds is 7. The summed E-state index contributed by atoms with van der Waals surface area (Å²) in [4.78, 5) is 12.0. The van der Waals surface area contributed by atoms with Gasteiger partial charge < -0.3 is 10.1 Å². The summed E-state index contributed by atoms with van der Waals surface area (Å²) in [7, 11) is 0. The normalized spacial score (nSPS) is 17.1. The van der Waals surface area contributed by atoms with E-state index in [9.17, 15) is 4.79 Å². The fraction of sp³-hybridized carbons (Fsp3) is 0.562. The quantitative estimate of drug-likeness (QED) is 0.798. The molecule has 0 aliphatic carbocycles. The standard InChI is InChI=1S/C16H24N2O2S.ClH/c1-12(2)7-8-20-15-6-4-3-5-13(15)9-17-16(19)14-10-21-11-18-14;/h3-6,12,14,18H,7-11H2,1-2H3,(H,17,19);1H. The van der Waals surface area contributed by atoms with E-state index in [-0.39, 0.29) is 24.4 Å². The highest BCUT2D eigenvalue weighted by Gasteiger charge is 2.22. The lowest BCUT2D eigenvalue weighted by molar-refractivity contribution is -0.122. The van der Waals surface area contributed by atoms with Crippen LogP contribution in [0, 0.1) is 5.92 Å². The van der Waals surface area contributed by atoms with Crippen molar-refractivity contribution in [2.75, 3.05) is 18.2 Å². The average Bonchev–Trinajstić information content (AvgIpc) is 3.00. The number of carbonyl (C=O) groups excluding carboxylic acids is 1. The fourth-order valence-corrected chi connectivity index (χ4v) is 3.01. The predicted molar refractivity (Wildman–Crippen MR) is 94.7 cm³/mol. The van der Waals surface area contributed by atoms with Crippen molar-refractivity contribution in [3.8, 4) is 5.75 Å². The second-order valence-electron chi connectivity index (χ2n) is 5.63. The van der Waals surface area contributed by atoms with Crippen molar-refractivity contribution >= 4 is 30.1 Å². The summed E-state index contributed by atoms with van der Waals surface area (Å²) in [5.41, 5.74) is 1.03. The average molecular weight is 345 g/mol. The maximum absolute atomic E-state index is 12.0.